The summed E-state index contributed by atoms with van der Waals surface area (Å²) in [6.45, 7) is 17.2. The zero-order valence-electron chi connectivity index (χ0n) is 14.4. The van der Waals surface area contributed by atoms with Crippen LogP contribution in [0.3, 0.4) is 0 Å². The van der Waals surface area contributed by atoms with Crippen LogP contribution in [0.25, 0.3) is 0 Å². The van der Waals surface area contributed by atoms with Crippen molar-refractivity contribution in [3.8, 4) is 0 Å². The van der Waals surface area contributed by atoms with Gasteiger partial charge in [-0.15, -0.1) is 0 Å². The molecule has 19 heavy (non-hydrogen) atoms. The topological polar surface area (TPSA) is 15.3 Å². The summed E-state index contributed by atoms with van der Waals surface area (Å²) < 4.78 is 0. The van der Waals surface area contributed by atoms with Gasteiger partial charge in [-0.1, -0.05) is 59.8 Å². The molecule has 0 aromatic rings. The molecule has 0 heterocycles. The second-order valence-electron chi connectivity index (χ2n) is 6.14. The third kappa shape index (κ3) is 6.76. The molecule has 0 saturated heterocycles. The van der Waals surface area contributed by atoms with Crippen LogP contribution >= 0.6 is 0 Å². The van der Waals surface area contributed by atoms with Crippen molar-refractivity contribution in [3.05, 3.63) is 0 Å². The lowest BCUT2D eigenvalue weighted by atomic mass is 9.88. The Hall–Kier alpha value is -0.0800. The minimum Gasteiger partial charge on any atom is -0.312 e. The number of unbranched alkanes of at least 4 members (excludes halogenated alkanes) is 4. The first kappa shape index (κ1) is 18.9. The van der Waals surface area contributed by atoms with Crippen molar-refractivity contribution in [1.82, 2.24) is 10.2 Å². The average molecular weight is 271 g/mol. The van der Waals surface area contributed by atoms with Crippen molar-refractivity contribution >= 4 is 0 Å². The molecule has 0 radical (unpaired) electrons. The highest BCUT2D eigenvalue weighted by Crippen LogP contribution is 2.23. The lowest BCUT2D eigenvalue weighted by molar-refractivity contribution is 0.0869. The number of rotatable bonds is 12. The SMILES string of the molecule is CCCCCCCC(NCC)C(C)(C)N(CC)CC. The maximum absolute atomic E-state index is 3.72. The molecule has 116 valence electrons. The zero-order valence-corrected chi connectivity index (χ0v) is 14.4. The van der Waals surface area contributed by atoms with Gasteiger partial charge < -0.3 is 5.32 Å². The summed E-state index contributed by atoms with van der Waals surface area (Å²) in [5.41, 5.74) is 0.254. The van der Waals surface area contributed by atoms with Gasteiger partial charge in [0, 0.05) is 11.6 Å². The molecule has 2 heteroatoms. The highest BCUT2D eigenvalue weighted by Gasteiger charge is 2.32. The predicted molar refractivity (Wildman–Crippen MR) is 87.8 cm³/mol. The van der Waals surface area contributed by atoms with Gasteiger partial charge in [0.15, 0.2) is 0 Å². The van der Waals surface area contributed by atoms with Gasteiger partial charge in [0.1, 0.15) is 0 Å². The Kier molecular flexibility index (Phi) is 10.6. The lowest BCUT2D eigenvalue weighted by Gasteiger charge is -2.44. The van der Waals surface area contributed by atoms with Gasteiger partial charge in [-0.2, -0.15) is 0 Å². The molecule has 0 rings (SSSR count). The second-order valence-corrected chi connectivity index (χ2v) is 6.14. The van der Waals surface area contributed by atoms with E-state index in [9.17, 15) is 0 Å². The maximum Gasteiger partial charge on any atom is 0.0306 e. The van der Waals surface area contributed by atoms with E-state index in [0.29, 0.717) is 6.04 Å². The minimum atomic E-state index is 0.254. The maximum atomic E-state index is 3.72. The third-order valence-corrected chi connectivity index (χ3v) is 4.48. The van der Waals surface area contributed by atoms with Crippen molar-refractivity contribution in [2.45, 2.75) is 91.6 Å². The largest absolute Gasteiger partial charge is 0.312 e. The summed E-state index contributed by atoms with van der Waals surface area (Å²) in [5, 5.41) is 3.72. The van der Waals surface area contributed by atoms with E-state index in [1.54, 1.807) is 0 Å². The van der Waals surface area contributed by atoms with Gasteiger partial charge in [-0.3, -0.25) is 4.90 Å². The molecule has 0 aliphatic heterocycles. The highest BCUT2D eigenvalue weighted by atomic mass is 15.2. The van der Waals surface area contributed by atoms with Gasteiger partial charge in [-0.25, -0.2) is 0 Å². The Morgan fingerprint density at radius 3 is 1.95 bits per heavy atom. The smallest absolute Gasteiger partial charge is 0.0306 e. The molecule has 1 atom stereocenters. The Labute approximate surface area is 122 Å². The zero-order chi connectivity index (χ0) is 14.7. The first-order valence-electron chi connectivity index (χ1n) is 8.52. The first-order chi connectivity index (χ1) is 9.04. The van der Waals surface area contributed by atoms with Crippen LogP contribution in [0.4, 0.5) is 0 Å². The van der Waals surface area contributed by atoms with Crippen LogP contribution in [0.5, 0.6) is 0 Å². The Morgan fingerprint density at radius 1 is 0.895 bits per heavy atom. The number of likely N-dealkylation sites (N-methyl/N-ethyl adjacent to an activating group) is 2. The molecule has 0 fully saturated rings. The van der Waals surface area contributed by atoms with E-state index >= 15 is 0 Å². The van der Waals surface area contributed by atoms with Crippen LogP contribution in [0, 0.1) is 0 Å². The van der Waals surface area contributed by atoms with Crippen molar-refractivity contribution in [3.63, 3.8) is 0 Å². The molecule has 0 bridgehead atoms. The Bertz CT molecular complexity index is 197. The molecule has 2 nitrogen and oxygen atoms in total. The predicted octanol–water partition coefficient (Wildman–Crippen LogP) is 4.45. The molecule has 0 saturated carbocycles. The highest BCUT2D eigenvalue weighted by molar-refractivity contribution is 4.92. The number of nitrogens with zero attached hydrogens (tertiary/aromatic N) is 1. The van der Waals surface area contributed by atoms with Crippen molar-refractivity contribution in [1.29, 1.82) is 0 Å². The fourth-order valence-corrected chi connectivity index (χ4v) is 3.16. The van der Waals surface area contributed by atoms with Crippen molar-refractivity contribution < 1.29 is 0 Å². The quantitative estimate of drug-likeness (QED) is 0.527. The normalized spacial score (nSPS) is 14.1. The van der Waals surface area contributed by atoms with Crippen LogP contribution in [0.2, 0.25) is 0 Å². The monoisotopic (exact) mass is 270 g/mol. The summed E-state index contributed by atoms with van der Waals surface area (Å²) >= 11 is 0. The molecule has 0 spiro atoms. The van der Waals surface area contributed by atoms with E-state index in [1.807, 2.05) is 0 Å². The van der Waals surface area contributed by atoms with Crippen molar-refractivity contribution in [2.24, 2.45) is 0 Å². The molecule has 1 N–H and O–H groups in total. The summed E-state index contributed by atoms with van der Waals surface area (Å²) in [6, 6.07) is 0.610. The fraction of sp³-hybridized carbons (Fsp3) is 1.00. The lowest BCUT2D eigenvalue weighted by Crippen LogP contribution is -2.57. The molecular formula is C17H38N2. The first-order valence-corrected chi connectivity index (χ1v) is 8.52. The summed E-state index contributed by atoms with van der Waals surface area (Å²) in [5.74, 6) is 0. The number of hydrogen-bond donors (Lipinski definition) is 1. The van der Waals surface area contributed by atoms with E-state index in [0.717, 1.165) is 19.6 Å². The molecule has 0 aromatic carbocycles. The van der Waals surface area contributed by atoms with Crippen LogP contribution in [-0.4, -0.2) is 36.1 Å². The van der Waals surface area contributed by atoms with Crippen LogP contribution in [0.1, 0.15) is 80.1 Å². The van der Waals surface area contributed by atoms with Gasteiger partial charge in [0.2, 0.25) is 0 Å². The molecule has 0 aliphatic rings. The molecule has 0 aliphatic carbocycles. The van der Waals surface area contributed by atoms with Gasteiger partial charge in [-0.05, 0) is 39.9 Å². The Morgan fingerprint density at radius 2 is 1.47 bits per heavy atom. The number of hydrogen-bond acceptors (Lipinski definition) is 2. The second kappa shape index (κ2) is 10.7. The van der Waals surface area contributed by atoms with E-state index in [4.69, 9.17) is 0 Å². The Balaban J connectivity index is 4.35. The third-order valence-electron chi connectivity index (χ3n) is 4.48. The number of nitrogens with one attached hydrogen (secondary N) is 1. The molecule has 1 unspecified atom stereocenters. The molecular weight excluding hydrogens is 232 g/mol. The summed E-state index contributed by atoms with van der Waals surface area (Å²) in [7, 11) is 0. The average Bonchev–Trinajstić information content (AvgIpc) is 2.38. The van der Waals surface area contributed by atoms with E-state index < -0.39 is 0 Å². The van der Waals surface area contributed by atoms with Crippen LogP contribution in [0.15, 0.2) is 0 Å². The summed E-state index contributed by atoms with van der Waals surface area (Å²) in [6.07, 6.45) is 8.20. The summed E-state index contributed by atoms with van der Waals surface area (Å²) in [4.78, 5) is 2.59. The minimum absolute atomic E-state index is 0.254. The molecule has 0 amide bonds. The van der Waals surface area contributed by atoms with Gasteiger partial charge in [0.05, 0.1) is 0 Å². The van der Waals surface area contributed by atoms with E-state index in [1.165, 1.54) is 38.5 Å². The standard InChI is InChI=1S/C17H38N2/c1-7-11-12-13-14-15-16(18-8-2)17(5,6)19(9-3)10-4/h16,18H,7-15H2,1-6H3. The van der Waals surface area contributed by atoms with Gasteiger partial charge in [0.25, 0.3) is 0 Å². The van der Waals surface area contributed by atoms with Crippen LogP contribution in [-0.2, 0) is 0 Å². The fourth-order valence-electron chi connectivity index (χ4n) is 3.16. The van der Waals surface area contributed by atoms with Gasteiger partial charge >= 0.3 is 0 Å². The molecule has 0 aromatic heterocycles. The van der Waals surface area contributed by atoms with E-state index in [2.05, 4.69) is 51.8 Å². The van der Waals surface area contributed by atoms with E-state index in [-0.39, 0.29) is 5.54 Å². The van der Waals surface area contributed by atoms with Crippen molar-refractivity contribution in [2.75, 3.05) is 19.6 Å². The van der Waals surface area contributed by atoms with Crippen LogP contribution < -0.4 is 5.32 Å².